The van der Waals surface area contributed by atoms with E-state index in [1.165, 1.54) is 0 Å². The van der Waals surface area contributed by atoms with Crippen molar-refractivity contribution in [2.24, 2.45) is 0 Å². The van der Waals surface area contributed by atoms with Crippen LogP contribution in [-0.4, -0.2) is 6.03 Å². The molecule has 3 rings (SSSR count). The van der Waals surface area contributed by atoms with Gasteiger partial charge in [0, 0.05) is 4.47 Å². The van der Waals surface area contributed by atoms with Crippen molar-refractivity contribution in [1.29, 1.82) is 0 Å². The first-order valence-electron chi connectivity index (χ1n) is 6.35. The number of carbonyl (C=O) groups excluding carboxylic acids is 1. The molecular formula is C17H13BrFeN2O. The van der Waals surface area contributed by atoms with E-state index < -0.39 is 6.03 Å². The molecule has 3 nitrogen and oxygen atoms in total. The fraction of sp³-hybridized carbons (Fsp3) is 0. The van der Waals surface area contributed by atoms with Gasteiger partial charge in [-0.2, -0.15) is 0 Å². The van der Waals surface area contributed by atoms with E-state index in [9.17, 15) is 4.79 Å². The summed E-state index contributed by atoms with van der Waals surface area (Å²) in [5.41, 5.74) is 0.600. The van der Waals surface area contributed by atoms with Gasteiger partial charge in [0.05, 0.1) is 0 Å². The third-order valence-corrected chi connectivity index (χ3v) is 3.01. The molecule has 0 aliphatic heterocycles. The molecule has 2 fully saturated rings. The van der Waals surface area contributed by atoms with Crippen molar-refractivity contribution >= 4 is 27.6 Å². The number of benzene rings is 1. The molecular weight excluding hydrogens is 384 g/mol. The van der Waals surface area contributed by atoms with Crippen LogP contribution in [0.4, 0.5) is 10.5 Å². The first-order valence-corrected chi connectivity index (χ1v) is 7.15. The van der Waals surface area contributed by atoms with Gasteiger partial charge in [0.15, 0.2) is 0 Å². The van der Waals surface area contributed by atoms with Gasteiger partial charge < -0.3 is 15.4 Å². The van der Waals surface area contributed by atoms with Crippen LogP contribution in [0.3, 0.4) is 0 Å². The first-order chi connectivity index (χ1) is 10.2. The second-order valence-electron chi connectivity index (χ2n) is 4.09. The summed E-state index contributed by atoms with van der Waals surface area (Å²) in [6.45, 7) is 0. The maximum absolute atomic E-state index is 11.4. The zero-order valence-electron chi connectivity index (χ0n) is 11.5. The van der Waals surface area contributed by atoms with Crippen molar-refractivity contribution in [3.05, 3.63) is 103 Å². The Kier molecular flexibility index (Phi) is 9.85. The molecule has 22 heavy (non-hydrogen) atoms. The first kappa shape index (κ1) is 19.5. The number of hydrogen-bond acceptors (Lipinski definition) is 1. The van der Waals surface area contributed by atoms with Crippen molar-refractivity contribution in [2.75, 3.05) is 0 Å². The fourth-order valence-electron chi connectivity index (χ4n) is 1.52. The van der Waals surface area contributed by atoms with Gasteiger partial charge in [0.2, 0.25) is 0 Å². The Balaban J connectivity index is 0.000000344. The summed E-state index contributed by atoms with van der Waals surface area (Å²) in [5.74, 6) is 0. The van der Waals surface area contributed by atoms with Crippen LogP contribution in [0.5, 0.6) is 0 Å². The molecule has 2 aliphatic carbocycles. The van der Waals surface area contributed by atoms with E-state index in [1.807, 2.05) is 57.1 Å². The predicted molar refractivity (Wildman–Crippen MR) is 87.9 cm³/mol. The summed E-state index contributed by atoms with van der Waals surface area (Å²) >= 11 is 3.31. The van der Waals surface area contributed by atoms with Crippen LogP contribution in [0.1, 0.15) is 0 Å². The SMILES string of the molecule is O=C([N-][C]1[CH][CH][CH][CH]1)[N-]c1ccc(Br)cc1.[CH]1[CH][CH][CH][CH]1.[Fe+2]. The average Bonchev–Trinajstić information content (AvgIpc) is 3.16. The molecule has 0 unspecified atom stereocenters. The molecule has 2 saturated carbocycles. The second kappa shape index (κ2) is 11.1. The summed E-state index contributed by atoms with van der Waals surface area (Å²) < 4.78 is 0.951. The zero-order chi connectivity index (χ0) is 14.9. The van der Waals surface area contributed by atoms with Crippen LogP contribution >= 0.6 is 15.9 Å². The standard InChI is InChI=1S/C12H9BrN2O.C5H5.Fe/c13-9-5-7-11(8-6-9)15-12(16)14-10-3-1-2-4-10;1-2-4-5-3-1;/h1-8H,(H-,14,15,16);1-5H;/q-1;;+2/p-1. The number of carbonyl (C=O) groups is 1. The van der Waals surface area contributed by atoms with Crippen LogP contribution in [0.25, 0.3) is 10.6 Å². The van der Waals surface area contributed by atoms with Crippen LogP contribution in [0.15, 0.2) is 28.7 Å². The molecule has 10 radical (unpaired) electrons. The summed E-state index contributed by atoms with van der Waals surface area (Å²) in [6.07, 6.45) is 17.2. The molecule has 0 saturated heterocycles. The van der Waals surface area contributed by atoms with E-state index in [4.69, 9.17) is 0 Å². The monoisotopic (exact) mass is 396 g/mol. The van der Waals surface area contributed by atoms with Crippen molar-refractivity contribution in [2.45, 2.75) is 0 Å². The molecule has 5 heteroatoms. The van der Waals surface area contributed by atoms with Gasteiger partial charge in [-0.1, -0.05) is 28.1 Å². The van der Waals surface area contributed by atoms with Gasteiger partial charge in [-0.3, -0.25) is 0 Å². The van der Waals surface area contributed by atoms with Crippen molar-refractivity contribution in [1.82, 2.24) is 0 Å². The molecule has 0 aromatic heterocycles. The predicted octanol–water partition coefficient (Wildman–Crippen LogP) is 5.33. The number of halogens is 1. The van der Waals surface area contributed by atoms with E-state index in [0.29, 0.717) is 11.7 Å². The van der Waals surface area contributed by atoms with E-state index in [1.54, 1.807) is 25.0 Å². The largest absolute Gasteiger partial charge is 2.00 e. The molecule has 0 bridgehead atoms. The minimum Gasteiger partial charge on any atom is -0.664 e. The molecule has 0 N–H and O–H groups in total. The number of amides is 2. The molecule has 112 valence electrons. The smallest absolute Gasteiger partial charge is 0.664 e. The van der Waals surface area contributed by atoms with Crippen LogP contribution in [0, 0.1) is 63.8 Å². The van der Waals surface area contributed by atoms with Crippen LogP contribution in [0.2, 0.25) is 0 Å². The van der Waals surface area contributed by atoms with Crippen molar-refractivity contribution < 1.29 is 21.9 Å². The molecule has 0 spiro atoms. The van der Waals surface area contributed by atoms with E-state index in [2.05, 4.69) is 26.6 Å². The van der Waals surface area contributed by atoms with Crippen LogP contribution in [-0.2, 0) is 17.1 Å². The normalized spacial score (nSPS) is 17.1. The van der Waals surface area contributed by atoms with Gasteiger partial charge in [-0.05, 0) is 76.0 Å². The number of nitrogens with zero attached hydrogens (tertiary/aromatic N) is 2. The Morgan fingerprint density at radius 2 is 1.27 bits per heavy atom. The Labute approximate surface area is 152 Å². The fourth-order valence-corrected chi connectivity index (χ4v) is 1.78. The Bertz CT molecular complexity index is 421. The minimum absolute atomic E-state index is 0. The maximum Gasteiger partial charge on any atom is 2.00 e. The summed E-state index contributed by atoms with van der Waals surface area (Å²) in [5, 5.41) is 7.67. The van der Waals surface area contributed by atoms with Gasteiger partial charge in [-0.15, -0.1) is 11.7 Å². The third kappa shape index (κ3) is 7.66. The minimum atomic E-state index is -0.492. The van der Waals surface area contributed by atoms with Gasteiger partial charge in [-0.25, -0.2) is 0 Å². The van der Waals surface area contributed by atoms with E-state index in [-0.39, 0.29) is 17.1 Å². The summed E-state index contributed by atoms with van der Waals surface area (Å²) in [6, 6.07) is 7.30. The molecule has 2 amide bonds. The Morgan fingerprint density at radius 1 is 0.773 bits per heavy atom. The number of urea groups is 1. The molecule has 0 heterocycles. The number of rotatable bonds is 2. The van der Waals surface area contributed by atoms with Gasteiger partial charge in [0.1, 0.15) is 0 Å². The van der Waals surface area contributed by atoms with Crippen molar-refractivity contribution in [3.63, 3.8) is 0 Å². The number of hydrogen-bond donors (Lipinski definition) is 0. The van der Waals surface area contributed by atoms with Gasteiger partial charge in [0.25, 0.3) is 0 Å². The zero-order valence-corrected chi connectivity index (χ0v) is 14.2. The van der Waals surface area contributed by atoms with E-state index in [0.717, 1.165) is 4.47 Å². The third-order valence-electron chi connectivity index (χ3n) is 2.48. The quantitative estimate of drug-likeness (QED) is 0.623. The van der Waals surface area contributed by atoms with Crippen molar-refractivity contribution in [3.8, 4) is 0 Å². The summed E-state index contributed by atoms with van der Waals surface area (Å²) in [4.78, 5) is 11.4. The molecule has 1 aromatic rings. The Morgan fingerprint density at radius 3 is 1.77 bits per heavy atom. The maximum atomic E-state index is 11.4. The van der Waals surface area contributed by atoms with Gasteiger partial charge >= 0.3 is 17.1 Å². The molecule has 1 aromatic carbocycles. The second-order valence-corrected chi connectivity index (χ2v) is 5.00. The molecule has 0 atom stereocenters. The topological polar surface area (TPSA) is 45.3 Å². The average molecular weight is 397 g/mol. The summed E-state index contributed by atoms with van der Waals surface area (Å²) in [7, 11) is 0. The molecule has 2 aliphatic rings. The Hall–Kier alpha value is -0.511. The van der Waals surface area contributed by atoms with Crippen LogP contribution < -0.4 is 0 Å². The van der Waals surface area contributed by atoms with E-state index >= 15 is 0 Å².